The molecule has 3 aromatic carbocycles. The largest absolute Gasteiger partial charge is 0.491 e. The summed E-state index contributed by atoms with van der Waals surface area (Å²) in [5.74, 6) is -3.33. The van der Waals surface area contributed by atoms with Crippen LogP contribution in [0.1, 0.15) is 43.2 Å². The van der Waals surface area contributed by atoms with Crippen LogP contribution in [0.5, 0.6) is 5.75 Å². The summed E-state index contributed by atoms with van der Waals surface area (Å²) in [6.07, 6.45) is 3.38. The molecular weight excluding hydrogens is 604 g/mol. The van der Waals surface area contributed by atoms with Crippen molar-refractivity contribution < 1.29 is 29.0 Å². The van der Waals surface area contributed by atoms with Crippen molar-refractivity contribution >= 4 is 40.9 Å². The van der Waals surface area contributed by atoms with Crippen LogP contribution < -0.4 is 9.64 Å². The molecule has 2 aliphatic carbocycles. The lowest BCUT2D eigenvalue weighted by Gasteiger charge is -2.50. The number of rotatable bonds is 8. The van der Waals surface area contributed by atoms with E-state index in [9.17, 15) is 19.5 Å². The average molecular weight is 639 g/mol. The Morgan fingerprint density at radius 3 is 2.37 bits per heavy atom. The molecule has 4 aliphatic rings. The van der Waals surface area contributed by atoms with Crippen LogP contribution in [0.15, 0.2) is 90.5 Å². The zero-order valence-corrected chi connectivity index (χ0v) is 26.2. The Bertz CT molecular complexity index is 1740. The number of nitrogens with zero attached hydrogens (tertiary/aromatic N) is 2. The van der Waals surface area contributed by atoms with E-state index in [0.717, 1.165) is 16.7 Å². The number of aliphatic hydroxyl groups excluding tert-OH is 1. The third kappa shape index (κ3) is 4.45. The van der Waals surface area contributed by atoms with Gasteiger partial charge >= 0.3 is 0 Å². The first-order valence-electron chi connectivity index (χ1n) is 15.9. The summed E-state index contributed by atoms with van der Waals surface area (Å²) in [6, 6.07) is 23.6. The zero-order chi connectivity index (χ0) is 32.2. The maximum absolute atomic E-state index is 15.2. The third-order valence-electron chi connectivity index (χ3n) is 10.3. The number of hydrogen-bond acceptors (Lipinski definition) is 6. The average Bonchev–Trinajstić information content (AvgIpc) is 3.45. The summed E-state index contributed by atoms with van der Waals surface area (Å²) in [5, 5.41) is 9.67. The molecule has 3 aromatic rings. The van der Waals surface area contributed by atoms with Crippen molar-refractivity contribution in [1.29, 1.82) is 0 Å². The Labute approximate surface area is 272 Å². The molecule has 0 bridgehead atoms. The number of carbonyl (C=O) groups excluding carboxylic acids is 4. The minimum Gasteiger partial charge on any atom is -0.491 e. The van der Waals surface area contributed by atoms with Crippen molar-refractivity contribution in [1.82, 2.24) is 4.90 Å². The maximum Gasteiger partial charge on any atom is 0.246 e. The minimum absolute atomic E-state index is 0.127. The van der Waals surface area contributed by atoms with Gasteiger partial charge in [-0.1, -0.05) is 78.7 Å². The molecular formula is C37H35ClN2O6. The molecule has 2 aliphatic heterocycles. The summed E-state index contributed by atoms with van der Waals surface area (Å²) in [5.41, 5.74) is 1.51. The van der Waals surface area contributed by atoms with Gasteiger partial charge in [0, 0.05) is 17.5 Å². The van der Waals surface area contributed by atoms with E-state index in [2.05, 4.69) is 6.08 Å². The zero-order valence-electron chi connectivity index (χ0n) is 25.5. The second-order valence-electron chi connectivity index (χ2n) is 12.6. The molecule has 0 radical (unpaired) electrons. The van der Waals surface area contributed by atoms with Crippen LogP contribution in [0.4, 0.5) is 5.69 Å². The van der Waals surface area contributed by atoms with E-state index in [1.54, 1.807) is 36.4 Å². The number of amides is 4. The molecule has 7 rings (SSSR count). The number of fused-ring (bicyclic) bond motifs is 4. The predicted molar refractivity (Wildman–Crippen MR) is 172 cm³/mol. The van der Waals surface area contributed by atoms with Gasteiger partial charge in [-0.2, -0.15) is 0 Å². The normalized spacial score (nSPS) is 28.6. The van der Waals surface area contributed by atoms with Gasteiger partial charge < -0.3 is 9.84 Å². The number of hydrogen-bond donors (Lipinski definition) is 1. The van der Waals surface area contributed by atoms with Gasteiger partial charge in [0.25, 0.3) is 0 Å². The van der Waals surface area contributed by atoms with E-state index in [1.807, 2.05) is 49.4 Å². The second-order valence-corrected chi connectivity index (χ2v) is 13.0. The van der Waals surface area contributed by atoms with Crippen molar-refractivity contribution in [2.45, 2.75) is 37.5 Å². The Kier molecular flexibility index (Phi) is 7.81. The molecule has 3 fully saturated rings. The summed E-state index contributed by atoms with van der Waals surface area (Å²) in [4.78, 5) is 60.0. The first-order chi connectivity index (χ1) is 22.3. The van der Waals surface area contributed by atoms with Gasteiger partial charge in [-0.25, -0.2) is 4.90 Å². The summed E-state index contributed by atoms with van der Waals surface area (Å²) < 4.78 is 5.65. The molecule has 2 heterocycles. The third-order valence-corrected chi connectivity index (χ3v) is 10.5. The molecule has 46 heavy (non-hydrogen) atoms. The van der Waals surface area contributed by atoms with Crippen LogP contribution in [-0.4, -0.2) is 53.4 Å². The van der Waals surface area contributed by atoms with Crippen LogP contribution in [0, 0.1) is 23.7 Å². The number of benzene rings is 3. The van der Waals surface area contributed by atoms with Crippen molar-refractivity contribution in [2.24, 2.45) is 23.7 Å². The Morgan fingerprint density at radius 1 is 0.913 bits per heavy atom. The number of carbonyl (C=O) groups is 4. The topological polar surface area (TPSA) is 104 Å². The molecule has 0 aromatic heterocycles. The van der Waals surface area contributed by atoms with E-state index in [0.29, 0.717) is 35.8 Å². The van der Waals surface area contributed by atoms with Crippen molar-refractivity contribution in [3.8, 4) is 5.75 Å². The quantitative estimate of drug-likeness (QED) is 0.266. The van der Waals surface area contributed by atoms with Crippen LogP contribution in [0.3, 0.4) is 0 Å². The molecule has 2 saturated heterocycles. The SMILES string of the molecule is CCCN1C(=O)C2CC=C3C(CC4C(=O)N(c5cccc(Cl)c5)C(=O)C4(c4ccccc4)C3c3ccc(OCCO)cc3)C2C1=O. The molecule has 9 heteroatoms. The standard InChI is InChI=1S/C37H35ClN2O6/c1-2-17-39-33(42)28-16-15-27-29(31(28)35(39)44)21-30-34(43)40(25-10-6-9-24(38)20-25)36(45)37(30,23-7-4-3-5-8-23)32(27)22-11-13-26(14-12-22)46-19-18-41/h3-15,20,28-32,41H,2,16-19,21H2,1H3. The fourth-order valence-corrected chi connectivity index (χ4v) is 8.73. The van der Waals surface area contributed by atoms with Gasteiger partial charge in [-0.05, 0) is 66.6 Å². The number of anilines is 1. The van der Waals surface area contributed by atoms with Crippen LogP contribution in [0.25, 0.3) is 0 Å². The summed E-state index contributed by atoms with van der Waals surface area (Å²) in [7, 11) is 0. The van der Waals surface area contributed by atoms with Gasteiger partial charge in [0.15, 0.2) is 0 Å². The second kappa shape index (κ2) is 11.8. The first-order valence-corrected chi connectivity index (χ1v) is 16.3. The van der Waals surface area contributed by atoms with Crippen LogP contribution in [0.2, 0.25) is 5.02 Å². The van der Waals surface area contributed by atoms with E-state index in [4.69, 9.17) is 16.3 Å². The van der Waals surface area contributed by atoms with Gasteiger partial charge in [0.2, 0.25) is 23.6 Å². The fraction of sp³-hybridized carbons (Fsp3) is 0.351. The smallest absolute Gasteiger partial charge is 0.246 e. The number of allylic oxidation sites excluding steroid dienone is 2. The predicted octanol–water partition coefficient (Wildman–Crippen LogP) is 5.28. The molecule has 6 unspecified atom stereocenters. The van der Waals surface area contributed by atoms with Gasteiger partial charge in [-0.15, -0.1) is 0 Å². The highest BCUT2D eigenvalue weighted by atomic mass is 35.5. The maximum atomic E-state index is 15.2. The molecule has 1 saturated carbocycles. The van der Waals surface area contributed by atoms with E-state index >= 15 is 4.79 Å². The van der Waals surface area contributed by atoms with E-state index in [-0.39, 0.29) is 43.3 Å². The van der Waals surface area contributed by atoms with Crippen LogP contribution >= 0.6 is 11.6 Å². The minimum atomic E-state index is -1.32. The highest BCUT2D eigenvalue weighted by Gasteiger charge is 2.70. The van der Waals surface area contributed by atoms with Crippen LogP contribution in [-0.2, 0) is 24.6 Å². The molecule has 236 valence electrons. The Morgan fingerprint density at radius 2 is 1.67 bits per heavy atom. The highest BCUT2D eigenvalue weighted by Crippen LogP contribution is 2.64. The Balaban J connectivity index is 1.45. The van der Waals surface area contributed by atoms with Gasteiger partial charge in [-0.3, -0.25) is 24.1 Å². The highest BCUT2D eigenvalue weighted by molar-refractivity contribution is 6.32. The van der Waals surface area contributed by atoms with E-state index < -0.39 is 35.0 Å². The Hall–Kier alpha value is -4.27. The molecule has 8 nitrogen and oxygen atoms in total. The number of aliphatic hydroxyl groups is 1. The van der Waals surface area contributed by atoms with Crippen molar-refractivity contribution in [2.75, 3.05) is 24.7 Å². The molecule has 6 atom stereocenters. The number of ether oxygens (including phenoxy) is 1. The molecule has 4 amide bonds. The fourth-order valence-electron chi connectivity index (χ4n) is 8.55. The first kappa shape index (κ1) is 30.4. The number of imide groups is 2. The van der Waals surface area contributed by atoms with Gasteiger partial charge in [0.05, 0.1) is 35.5 Å². The lowest BCUT2D eigenvalue weighted by Crippen LogP contribution is -2.53. The van der Waals surface area contributed by atoms with E-state index in [1.165, 1.54) is 9.80 Å². The summed E-state index contributed by atoms with van der Waals surface area (Å²) >= 11 is 6.37. The number of halogens is 1. The summed E-state index contributed by atoms with van der Waals surface area (Å²) in [6.45, 7) is 2.32. The lowest BCUT2D eigenvalue weighted by molar-refractivity contribution is -0.140. The van der Waals surface area contributed by atoms with Crippen molar-refractivity contribution in [3.05, 3.63) is 107 Å². The number of likely N-dealkylation sites (tertiary alicyclic amines) is 1. The molecule has 0 spiro atoms. The molecule has 1 N–H and O–H groups in total. The lowest BCUT2D eigenvalue weighted by atomic mass is 9.49. The van der Waals surface area contributed by atoms with Crippen molar-refractivity contribution in [3.63, 3.8) is 0 Å². The van der Waals surface area contributed by atoms with Gasteiger partial charge in [0.1, 0.15) is 12.4 Å². The monoisotopic (exact) mass is 638 g/mol.